The van der Waals surface area contributed by atoms with Gasteiger partial charge in [-0.25, -0.2) is 8.42 Å². The standard InChI is InChI=1S/C15H18ClNO3S/c16-13-5-7-14(8-6-13)21(19,20)10-9-17-15(18)11-12-3-1-2-4-12/h1,3,5-8,12H,2,4,9-11H2,(H,17,18)/t12-/m0/s1. The molecule has 0 aliphatic heterocycles. The fourth-order valence-corrected chi connectivity index (χ4v) is 3.54. The highest BCUT2D eigenvalue weighted by molar-refractivity contribution is 7.91. The molecular formula is C15H18ClNO3S. The van der Waals surface area contributed by atoms with Gasteiger partial charge in [0.25, 0.3) is 0 Å². The number of benzene rings is 1. The predicted octanol–water partition coefficient (Wildman–Crippen LogP) is 2.59. The van der Waals surface area contributed by atoms with Gasteiger partial charge in [-0.3, -0.25) is 4.79 Å². The van der Waals surface area contributed by atoms with Gasteiger partial charge in [-0.1, -0.05) is 23.8 Å². The van der Waals surface area contributed by atoms with Crippen molar-refractivity contribution in [3.8, 4) is 0 Å². The second-order valence-corrected chi connectivity index (χ2v) is 7.64. The molecule has 0 bridgehead atoms. The first-order valence-corrected chi connectivity index (χ1v) is 8.92. The average molecular weight is 328 g/mol. The average Bonchev–Trinajstić information content (AvgIpc) is 2.91. The lowest BCUT2D eigenvalue weighted by molar-refractivity contribution is -0.121. The number of carbonyl (C=O) groups is 1. The van der Waals surface area contributed by atoms with E-state index < -0.39 is 9.84 Å². The first-order chi connectivity index (χ1) is 9.97. The molecule has 1 N–H and O–H groups in total. The SMILES string of the molecule is O=C(C[C@H]1C=CCC1)NCCS(=O)(=O)c1ccc(Cl)cc1. The van der Waals surface area contributed by atoms with Crippen LogP contribution in [0.4, 0.5) is 0 Å². The van der Waals surface area contributed by atoms with Crippen LogP contribution >= 0.6 is 11.6 Å². The van der Waals surface area contributed by atoms with Gasteiger partial charge in [0, 0.05) is 18.0 Å². The maximum Gasteiger partial charge on any atom is 0.220 e. The van der Waals surface area contributed by atoms with E-state index >= 15 is 0 Å². The second kappa shape index (κ2) is 7.09. The number of hydrogen-bond donors (Lipinski definition) is 1. The Kier molecular flexibility index (Phi) is 5.42. The maximum absolute atomic E-state index is 12.1. The molecule has 1 aromatic rings. The Morgan fingerprint density at radius 1 is 1.29 bits per heavy atom. The second-order valence-electron chi connectivity index (χ2n) is 5.09. The summed E-state index contributed by atoms with van der Waals surface area (Å²) in [6, 6.07) is 6.03. The van der Waals surface area contributed by atoms with Crippen molar-refractivity contribution >= 4 is 27.3 Å². The van der Waals surface area contributed by atoms with Crippen LogP contribution < -0.4 is 5.32 Å². The summed E-state index contributed by atoms with van der Waals surface area (Å²) >= 11 is 5.73. The van der Waals surface area contributed by atoms with E-state index in [-0.39, 0.29) is 29.0 Å². The molecular weight excluding hydrogens is 310 g/mol. The van der Waals surface area contributed by atoms with Gasteiger partial charge >= 0.3 is 0 Å². The van der Waals surface area contributed by atoms with Crippen molar-refractivity contribution in [3.63, 3.8) is 0 Å². The lowest BCUT2D eigenvalue weighted by atomic mass is 10.1. The number of hydrogen-bond acceptors (Lipinski definition) is 3. The van der Waals surface area contributed by atoms with Gasteiger partial charge in [-0.2, -0.15) is 0 Å². The minimum Gasteiger partial charge on any atom is -0.355 e. The van der Waals surface area contributed by atoms with Gasteiger partial charge in [-0.05, 0) is 43.0 Å². The van der Waals surface area contributed by atoms with Crippen LogP contribution in [-0.4, -0.2) is 26.6 Å². The third kappa shape index (κ3) is 4.86. The number of rotatable bonds is 6. The first kappa shape index (κ1) is 16.0. The molecule has 0 spiro atoms. The zero-order valence-electron chi connectivity index (χ0n) is 11.6. The number of halogens is 1. The molecule has 6 heteroatoms. The lowest BCUT2D eigenvalue weighted by Crippen LogP contribution is -2.30. The van der Waals surface area contributed by atoms with Gasteiger partial charge < -0.3 is 5.32 Å². The van der Waals surface area contributed by atoms with E-state index in [4.69, 9.17) is 11.6 Å². The fraction of sp³-hybridized carbons (Fsp3) is 0.400. The monoisotopic (exact) mass is 327 g/mol. The van der Waals surface area contributed by atoms with Crippen molar-refractivity contribution in [1.29, 1.82) is 0 Å². The third-order valence-electron chi connectivity index (χ3n) is 3.43. The summed E-state index contributed by atoms with van der Waals surface area (Å²) < 4.78 is 24.1. The Bertz CT molecular complexity index is 623. The van der Waals surface area contributed by atoms with Crippen molar-refractivity contribution in [3.05, 3.63) is 41.4 Å². The molecule has 1 aliphatic carbocycles. The Morgan fingerprint density at radius 3 is 2.62 bits per heavy atom. The van der Waals surface area contributed by atoms with E-state index in [9.17, 15) is 13.2 Å². The first-order valence-electron chi connectivity index (χ1n) is 6.89. The molecule has 1 aromatic carbocycles. The number of sulfone groups is 1. The van der Waals surface area contributed by atoms with Crippen LogP contribution in [0.3, 0.4) is 0 Å². The van der Waals surface area contributed by atoms with Crippen LogP contribution in [0, 0.1) is 5.92 Å². The normalized spacial score (nSPS) is 17.9. The van der Waals surface area contributed by atoms with E-state index in [0.29, 0.717) is 11.4 Å². The summed E-state index contributed by atoms with van der Waals surface area (Å²) in [5, 5.41) is 3.16. The van der Waals surface area contributed by atoms with Gasteiger partial charge in [0.05, 0.1) is 10.6 Å². The molecule has 0 unspecified atom stereocenters. The van der Waals surface area contributed by atoms with Crippen LogP contribution in [0.1, 0.15) is 19.3 Å². The highest BCUT2D eigenvalue weighted by Crippen LogP contribution is 2.20. The number of allylic oxidation sites excluding steroid dienone is 2. The number of carbonyl (C=O) groups excluding carboxylic acids is 1. The zero-order chi connectivity index (χ0) is 15.3. The van der Waals surface area contributed by atoms with E-state index in [1.165, 1.54) is 12.1 Å². The van der Waals surface area contributed by atoms with Crippen LogP contribution in [0.25, 0.3) is 0 Å². The highest BCUT2D eigenvalue weighted by atomic mass is 35.5. The fourth-order valence-electron chi connectivity index (χ4n) is 2.26. The quantitative estimate of drug-likeness (QED) is 0.817. The van der Waals surface area contributed by atoms with Crippen molar-refractivity contribution in [2.24, 2.45) is 5.92 Å². The summed E-state index contributed by atoms with van der Waals surface area (Å²) in [7, 11) is -3.39. The molecule has 1 atom stereocenters. The Hall–Kier alpha value is -1.33. The molecule has 0 saturated carbocycles. The molecule has 0 fully saturated rings. The molecule has 1 aliphatic rings. The molecule has 2 rings (SSSR count). The van der Waals surface area contributed by atoms with Gasteiger partial charge in [0.1, 0.15) is 0 Å². The summed E-state index contributed by atoms with van der Waals surface area (Å²) in [4.78, 5) is 11.9. The van der Waals surface area contributed by atoms with Crippen molar-refractivity contribution < 1.29 is 13.2 Å². The van der Waals surface area contributed by atoms with Crippen molar-refractivity contribution in [2.75, 3.05) is 12.3 Å². The van der Waals surface area contributed by atoms with Gasteiger partial charge in [-0.15, -0.1) is 0 Å². The van der Waals surface area contributed by atoms with E-state index in [0.717, 1.165) is 12.8 Å². The van der Waals surface area contributed by atoms with Crippen LogP contribution in [0.15, 0.2) is 41.3 Å². The van der Waals surface area contributed by atoms with E-state index in [1.807, 2.05) is 6.08 Å². The largest absolute Gasteiger partial charge is 0.355 e. The minimum absolute atomic E-state index is 0.0992. The number of amides is 1. The lowest BCUT2D eigenvalue weighted by Gasteiger charge is -2.09. The summed E-state index contributed by atoms with van der Waals surface area (Å²) in [5.74, 6) is 0.0802. The molecule has 0 radical (unpaired) electrons. The van der Waals surface area contributed by atoms with Gasteiger partial charge in [0.15, 0.2) is 9.84 Å². The smallest absolute Gasteiger partial charge is 0.220 e. The van der Waals surface area contributed by atoms with Crippen LogP contribution in [0.5, 0.6) is 0 Å². The predicted molar refractivity (Wildman–Crippen MR) is 83.0 cm³/mol. The molecule has 21 heavy (non-hydrogen) atoms. The zero-order valence-corrected chi connectivity index (χ0v) is 13.2. The topological polar surface area (TPSA) is 63.2 Å². The molecule has 0 aromatic heterocycles. The van der Waals surface area contributed by atoms with Crippen LogP contribution in [-0.2, 0) is 14.6 Å². The minimum atomic E-state index is -3.39. The number of nitrogens with one attached hydrogen (secondary N) is 1. The molecule has 0 saturated heterocycles. The third-order valence-corrected chi connectivity index (χ3v) is 5.41. The van der Waals surface area contributed by atoms with E-state index in [1.54, 1.807) is 12.1 Å². The Morgan fingerprint density at radius 2 is 2.00 bits per heavy atom. The molecule has 114 valence electrons. The van der Waals surface area contributed by atoms with Gasteiger partial charge in [0.2, 0.25) is 5.91 Å². The maximum atomic E-state index is 12.1. The highest BCUT2D eigenvalue weighted by Gasteiger charge is 2.16. The Balaban J connectivity index is 1.80. The Labute approximate surface area is 130 Å². The molecule has 1 amide bonds. The molecule has 4 nitrogen and oxygen atoms in total. The van der Waals surface area contributed by atoms with Crippen molar-refractivity contribution in [2.45, 2.75) is 24.2 Å². The van der Waals surface area contributed by atoms with Crippen LogP contribution in [0.2, 0.25) is 5.02 Å². The van der Waals surface area contributed by atoms with E-state index in [2.05, 4.69) is 11.4 Å². The summed E-state index contributed by atoms with van der Waals surface area (Å²) in [6.45, 7) is 0.125. The summed E-state index contributed by atoms with van der Waals surface area (Å²) in [6.07, 6.45) is 6.56. The molecule has 0 heterocycles. The van der Waals surface area contributed by atoms with Crippen molar-refractivity contribution in [1.82, 2.24) is 5.32 Å². The summed E-state index contributed by atoms with van der Waals surface area (Å²) in [5.41, 5.74) is 0.